The second-order valence-electron chi connectivity index (χ2n) is 4.84. The van der Waals surface area contributed by atoms with Crippen molar-refractivity contribution in [2.45, 2.75) is 44.7 Å². The molecule has 2 rings (SSSR count). The van der Waals surface area contributed by atoms with Gasteiger partial charge in [0, 0.05) is 18.2 Å². The Morgan fingerprint density at radius 1 is 1.50 bits per heavy atom. The molecule has 0 unspecified atom stereocenters. The van der Waals surface area contributed by atoms with Crippen LogP contribution in [0.3, 0.4) is 0 Å². The average Bonchev–Trinajstić information content (AvgIpc) is 2.29. The molecule has 0 aliphatic heterocycles. The normalized spacial score (nSPS) is 17.2. The fraction of sp³-hybridized carbons (Fsp3) is 0.538. The highest BCUT2D eigenvalue weighted by Gasteiger charge is 2.34. The second-order valence-corrected chi connectivity index (χ2v) is 5.24. The average molecular weight is 269 g/mol. The molecule has 1 aromatic rings. The van der Waals surface area contributed by atoms with Gasteiger partial charge < -0.3 is 5.32 Å². The predicted molar refractivity (Wildman–Crippen MR) is 71.8 cm³/mol. The topological polar surface area (TPSA) is 55.2 Å². The van der Waals surface area contributed by atoms with Crippen LogP contribution in [0.15, 0.2) is 18.2 Å². The van der Waals surface area contributed by atoms with Crippen LogP contribution in [-0.2, 0) is 6.54 Å². The summed E-state index contributed by atoms with van der Waals surface area (Å²) >= 11 is 6.06. The number of hydrogen-bond donors (Lipinski definition) is 1. The van der Waals surface area contributed by atoms with E-state index in [1.54, 1.807) is 12.1 Å². The molecule has 1 aliphatic carbocycles. The van der Waals surface area contributed by atoms with Crippen molar-refractivity contribution in [2.75, 3.05) is 0 Å². The highest BCUT2D eigenvalue weighted by atomic mass is 35.5. The fourth-order valence-electron chi connectivity index (χ4n) is 2.43. The number of nitrogens with zero attached hydrogens (tertiary/aromatic N) is 1. The van der Waals surface area contributed by atoms with E-state index in [-0.39, 0.29) is 16.1 Å². The van der Waals surface area contributed by atoms with Crippen molar-refractivity contribution >= 4 is 17.3 Å². The van der Waals surface area contributed by atoms with Crippen LogP contribution in [0.2, 0.25) is 5.02 Å². The minimum atomic E-state index is -0.373. The van der Waals surface area contributed by atoms with E-state index in [0.717, 1.165) is 19.3 Å². The minimum absolute atomic E-state index is 0.0978. The van der Waals surface area contributed by atoms with Crippen LogP contribution in [0.1, 0.15) is 38.2 Å². The van der Waals surface area contributed by atoms with Gasteiger partial charge in [0.15, 0.2) is 0 Å². The Kier molecular flexibility index (Phi) is 3.88. The third kappa shape index (κ3) is 2.49. The highest BCUT2D eigenvalue weighted by Crippen LogP contribution is 2.36. The Balaban J connectivity index is 2.15. The molecular formula is C13H17ClN2O2. The number of halogens is 1. The van der Waals surface area contributed by atoms with Crippen molar-refractivity contribution in [3.63, 3.8) is 0 Å². The van der Waals surface area contributed by atoms with Crippen LogP contribution < -0.4 is 5.32 Å². The van der Waals surface area contributed by atoms with Crippen molar-refractivity contribution in [2.24, 2.45) is 0 Å². The van der Waals surface area contributed by atoms with Crippen molar-refractivity contribution in [1.82, 2.24) is 5.32 Å². The van der Waals surface area contributed by atoms with Gasteiger partial charge in [-0.15, -0.1) is 0 Å². The zero-order valence-corrected chi connectivity index (χ0v) is 11.2. The van der Waals surface area contributed by atoms with E-state index < -0.39 is 0 Å². The van der Waals surface area contributed by atoms with E-state index in [9.17, 15) is 10.1 Å². The molecule has 4 nitrogen and oxygen atoms in total. The first kappa shape index (κ1) is 13.3. The Hall–Kier alpha value is -1.13. The van der Waals surface area contributed by atoms with Crippen LogP contribution in [0.4, 0.5) is 5.69 Å². The molecule has 0 bridgehead atoms. The summed E-state index contributed by atoms with van der Waals surface area (Å²) in [6.07, 6.45) is 4.56. The Bertz CT molecular complexity index is 453. The number of hydrogen-bond acceptors (Lipinski definition) is 3. The third-order valence-corrected chi connectivity index (χ3v) is 4.27. The number of nitro benzene ring substituents is 1. The van der Waals surface area contributed by atoms with Gasteiger partial charge in [-0.1, -0.05) is 24.6 Å². The van der Waals surface area contributed by atoms with Crippen molar-refractivity contribution in [1.29, 1.82) is 0 Å². The lowest BCUT2D eigenvalue weighted by Gasteiger charge is -2.42. The molecular weight excluding hydrogens is 252 g/mol. The van der Waals surface area contributed by atoms with E-state index in [1.165, 1.54) is 12.5 Å². The highest BCUT2D eigenvalue weighted by molar-refractivity contribution is 6.31. The molecule has 5 heteroatoms. The summed E-state index contributed by atoms with van der Waals surface area (Å²) in [4.78, 5) is 10.6. The van der Waals surface area contributed by atoms with Gasteiger partial charge >= 0.3 is 0 Å². The number of benzene rings is 1. The van der Waals surface area contributed by atoms with E-state index in [0.29, 0.717) is 17.1 Å². The minimum Gasteiger partial charge on any atom is -0.307 e. The lowest BCUT2D eigenvalue weighted by molar-refractivity contribution is -0.385. The van der Waals surface area contributed by atoms with Gasteiger partial charge in [0.1, 0.15) is 0 Å². The third-order valence-electron chi connectivity index (χ3n) is 3.92. The maximum absolute atomic E-state index is 11.0. The maximum Gasteiger partial charge on any atom is 0.275 e. The van der Waals surface area contributed by atoms with Crippen LogP contribution >= 0.6 is 11.6 Å². The summed E-state index contributed by atoms with van der Waals surface area (Å²) in [5, 5.41) is 14.9. The molecule has 0 radical (unpaired) electrons. The first-order chi connectivity index (χ1) is 8.58. The monoisotopic (exact) mass is 268 g/mol. The molecule has 1 saturated carbocycles. The summed E-state index contributed by atoms with van der Waals surface area (Å²) in [7, 11) is 0. The SMILES string of the molecule is CCC1(NCc2c(Cl)cccc2[N+](=O)[O-])CCC1. The largest absolute Gasteiger partial charge is 0.307 e. The molecule has 0 amide bonds. The van der Waals surface area contributed by atoms with Gasteiger partial charge in [-0.2, -0.15) is 0 Å². The lowest BCUT2D eigenvalue weighted by Crippen LogP contribution is -2.49. The number of nitrogens with one attached hydrogen (secondary N) is 1. The summed E-state index contributed by atoms with van der Waals surface area (Å²) < 4.78 is 0. The van der Waals surface area contributed by atoms with Crippen LogP contribution in [0, 0.1) is 10.1 Å². The van der Waals surface area contributed by atoms with Gasteiger partial charge in [0.05, 0.1) is 15.5 Å². The molecule has 1 aromatic carbocycles. The summed E-state index contributed by atoms with van der Waals surface area (Å²) in [6, 6.07) is 4.82. The fourth-order valence-corrected chi connectivity index (χ4v) is 2.66. The Labute approximate surface area is 111 Å². The van der Waals surface area contributed by atoms with Gasteiger partial charge in [-0.05, 0) is 31.7 Å². The molecule has 0 aromatic heterocycles. The summed E-state index contributed by atoms with van der Waals surface area (Å²) in [5.41, 5.74) is 0.844. The standard InChI is InChI=1S/C13H17ClN2O2/c1-2-13(7-4-8-13)15-9-10-11(14)5-3-6-12(10)16(17)18/h3,5-6,15H,2,4,7-9H2,1H3. The van der Waals surface area contributed by atoms with Crippen LogP contribution in [0.5, 0.6) is 0 Å². The van der Waals surface area contributed by atoms with Gasteiger partial charge in [0.25, 0.3) is 5.69 Å². The first-order valence-corrected chi connectivity index (χ1v) is 6.62. The molecule has 1 fully saturated rings. The molecule has 0 atom stereocenters. The van der Waals surface area contributed by atoms with E-state index >= 15 is 0 Å². The van der Waals surface area contributed by atoms with Crippen molar-refractivity contribution in [3.8, 4) is 0 Å². The zero-order chi connectivity index (χ0) is 13.2. The Morgan fingerprint density at radius 3 is 2.72 bits per heavy atom. The smallest absolute Gasteiger partial charge is 0.275 e. The lowest BCUT2D eigenvalue weighted by atomic mass is 9.75. The van der Waals surface area contributed by atoms with Crippen molar-refractivity contribution in [3.05, 3.63) is 38.9 Å². The first-order valence-electron chi connectivity index (χ1n) is 6.25. The number of rotatable bonds is 5. The molecule has 98 valence electrons. The maximum atomic E-state index is 11.0. The molecule has 1 N–H and O–H groups in total. The zero-order valence-electron chi connectivity index (χ0n) is 10.4. The van der Waals surface area contributed by atoms with Crippen molar-refractivity contribution < 1.29 is 4.92 Å². The van der Waals surface area contributed by atoms with Crippen LogP contribution in [0.25, 0.3) is 0 Å². The van der Waals surface area contributed by atoms with E-state index in [1.807, 2.05) is 0 Å². The van der Waals surface area contributed by atoms with E-state index in [2.05, 4.69) is 12.2 Å². The van der Waals surface area contributed by atoms with Gasteiger partial charge in [-0.3, -0.25) is 10.1 Å². The molecule has 0 saturated heterocycles. The van der Waals surface area contributed by atoms with E-state index in [4.69, 9.17) is 11.6 Å². The molecule has 18 heavy (non-hydrogen) atoms. The quantitative estimate of drug-likeness (QED) is 0.655. The Morgan fingerprint density at radius 2 is 2.22 bits per heavy atom. The van der Waals surface area contributed by atoms with Crippen LogP contribution in [-0.4, -0.2) is 10.5 Å². The molecule has 0 spiro atoms. The van der Waals surface area contributed by atoms with Gasteiger partial charge in [-0.25, -0.2) is 0 Å². The predicted octanol–water partition coefficient (Wildman–Crippen LogP) is 3.67. The second kappa shape index (κ2) is 5.24. The molecule has 1 aliphatic rings. The molecule has 0 heterocycles. The summed E-state index contributed by atoms with van der Waals surface area (Å²) in [5.74, 6) is 0. The van der Waals surface area contributed by atoms with Gasteiger partial charge in [0.2, 0.25) is 0 Å². The summed E-state index contributed by atoms with van der Waals surface area (Å²) in [6.45, 7) is 2.61. The number of nitro groups is 1.